The molecule has 4 heterocycles. The van der Waals surface area contributed by atoms with Crippen molar-refractivity contribution in [3.05, 3.63) is 78.7 Å². The molecule has 188 valence electrons. The predicted octanol–water partition coefficient (Wildman–Crippen LogP) is 3.39. The van der Waals surface area contributed by atoms with Gasteiger partial charge in [0, 0.05) is 25.2 Å². The largest absolute Gasteiger partial charge is 0.497 e. The van der Waals surface area contributed by atoms with Crippen LogP contribution in [0.5, 0.6) is 5.75 Å². The van der Waals surface area contributed by atoms with E-state index in [0.29, 0.717) is 32.1 Å². The van der Waals surface area contributed by atoms with Gasteiger partial charge in [-0.1, -0.05) is 23.5 Å². The number of carbonyl (C=O) groups is 1. The van der Waals surface area contributed by atoms with Crippen molar-refractivity contribution in [2.24, 2.45) is 4.99 Å². The fraction of sp³-hybridized carbons (Fsp3) is 0.370. The molecule has 8 nitrogen and oxygen atoms in total. The molecular weight excluding hydrogens is 478 g/mol. The Kier molecular flexibility index (Phi) is 6.82. The first kappa shape index (κ1) is 24.1. The van der Waals surface area contributed by atoms with E-state index in [0.717, 1.165) is 37.4 Å². The van der Waals surface area contributed by atoms with Crippen molar-refractivity contribution in [1.29, 1.82) is 0 Å². The van der Waals surface area contributed by atoms with Crippen molar-refractivity contribution in [1.82, 2.24) is 4.57 Å². The summed E-state index contributed by atoms with van der Waals surface area (Å²) in [5.41, 5.74) is 1.43. The molecular formula is C27H29N3O5S. The highest BCUT2D eigenvalue weighted by molar-refractivity contribution is 7.07. The summed E-state index contributed by atoms with van der Waals surface area (Å²) in [6.45, 7) is 5.72. The van der Waals surface area contributed by atoms with Gasteiger partial charge >= 0.3 is 5.97 Å². The molecule has 2 aliphatic rings. The number of furan rings is 1. The molecule has 0 saturated carbocycles. The van der Waals surface area contributed by atoms with Crippen LogP contribution in [0.3, 0.4) is 0 Å². The monoisotopic (exact) mass is 507 g/mol. The quantitative estimate of drug-likeness (QED) is 0.476. The van der Waals surface area contributed by atoms with Crippen LogP contribution in [-0.2, 0) is 9.53 Å². The summed E-state index contributed by atoms with van der Waals surface area (Å²) in [6.07, 6.45) is 5.31. The summed E-state index contributed by atoms with van der Waals surface area (Å²) >= 11 is 1.28. The molecule has 1 aromatic carbocycles. The molecule has 36 heavy (non-hydrogen) atoms. The second-order valence-electron chi connectivity index (χ2n) is 8.80. The summed E-state index contributed by atoms with van der Waals surface area (Å²) in [4.78, 5) is 34.1. The number of aromatic nitrogens is 1. The van der Waals surface area contributed by atoms with Crippen LogP contribution in [0.15, 0.2) is 61.9 Å². The van der Waals surface area contributed by atoms with Crippen LogP contribution in [0.2, 0.25) is 0 Å². The van der Waals surface area contributed by atoms with E-state index in [4.69, 9.17) is 13.9 Å². The van der Waals surface area contributed by atoms with E-state index in [2.05, 4.69) is 9.89 Å². The van der Waals surface area contributed by atoms with Crippen molar-refractivity contribution in [2.75, 3.05) is 31.7 Å². The first-order valence-electron chi connectivity index (χ1n) is 12.2. The third-order valence-electron chi connectivity index (χ3n) is 6.50. The number of benzene rings is 1. The zero-order chi connectivity index (χ0) is 25.2. The van der Waals surface area contributed by atoms with Crippen molar-refractivity contribution in [3.63, 3.8) is 0 Å². The average Bonchev–Trinajstić information content (AvgIpc) is 3.48. The van der Waals surface area contributed by atoms with Gasteiger partial charge in [-0.05, 0) is 56.9 Å². The fourth-order valence-electron chi connectivity index (χ4n) is 4.73. The highest BCUT2D eigenvalue weighted by Crippen LogP contribution is 2.31. The van der Waals surface area contributed by atoms with Gasteiger partial charge in [-0.2, -0.15) is 0 Å². The fourth-order valence-corrected chi connectivity index (χ4v) is 5.75. The topological polar surface area (TPSA) is 86.3 Å². The maximum absolute atomic E-state index is 13.7. The SMILES string of the molecule is CCOC(=O)C1=C(C)N=c2sc(=Cc3ccc(N4CCCCC4)o3)c(=O)n2C1c1ccc(OC)cc1. The van der Waals surface area contributed by atoms with E-state index in [1.165, 1.54) is 17.8 Å². The summed E-state index contributed by atoms with van der Waals surface area (Å²) in [6, 6.07) is 10.5. The minimum Gasteiger partial charge on any atom is -0.497 e. The molecule has 0 N–H and O–H groups in total. The van der Waals surface area contributed by atoms with E-state index < -0.39 is 12.0 Å². The third-order valence-corrected chi connectivity index (χ3v) is 7.49. The van der Waals surface area contributed by atoms with E-state index in [9.17, 15) is 9.59 Å². The van der Waals surface area contributed by atoms with E-state index in [1.54, 1.807) is 31.6 Å². The number of fused-ring (bicyclic) bond motifs is 1. The zero-order valence-corrected chi connectivity index (χ0v) is 21.5. The first-order chi connectivity index (χ1) is 17.5. The molecule has 0 bridgehead atoms. The standard InChI is InChI=1S/C27H29N3O5S/c1-4-34-26(32)23-17(2)28-27-30(24(23)18-8-10-19(33-3)11-9-18)25(31)21(36-27)16-20-12-13-22(35-20)29-14-6-5-7-15-29/h8-13,16,24H,4-7,14-15H2,1-3H3. The Morgan fingerprint density at radius 1 is 1.17 bits per heavy atom. The van der Waals surface area contributed by atoms with Crippen LogP contribution in [0.1, 0.15) is 50.5 Å². The van der Waals surface area contributed by atoms with E-state index in [1.807, 2.05) is 36.4 Å². The van der Waals surface area contributed by atoms with Crippen LogP contribution >= 0.6 is 11.3 Å². The van der Waals surface area contributed by atoms with Gasteiger partial charge in [0.05, 0.1) is 35.6 Å². The van der Waals surface area contributed by atoms with Crippen LogP contribution in [0.25, 0.3) is 6.08 Å². The molecule has 0 aliphatic carbocycles. The number of anilines is 1. The molecule has 2 aliphatic heterocycles. The molecule has 1 unspecified atom stereocenters. The lowest BCUT2D eigenvalue weighted by Crippen LogP contribution is -2.39. The number of nitrogens with zero attached hydrogens (tertiary/aromatic N) is 3. The van der Waals surface area contributed by atoms with Crippen molar-refractivity contribution < 1.29 is 18.7 Å². The molecule has 1 saturated heterocycles. The average molecular weight is 508 g/mol. The molecule has 5 rings (SSSR count). The first-order valence-corrected chi connectivity index (χ1v) is 13.0. The number of esters is 1. The van der Waals surface area contributed by atoms with Gasteiger partial charge in [-0.25, -0.2) is 9.79 Å². The molecule has 0 spiro atoms. The molecule has 1 fully saturated rings. The molecule has 1 atom stereocenters. The second-order valence-corrected chi connectivity index (χ2v) is 9.81. The lowest BCUT2D eigenvalue weighted by Gasteiger charge is -2.25. The number of piperidine rings is 1. The van der Waals surface area contributed by atoms with Crippen molar-refractivity contribution >= 4 is 29.3 Å². The molecule has 3 aromatic rings. The lowest BCUT2D eigenvalue weighted by atomic mass is 9.96. The van der Waals surface area contributed by atoms with Gasteiger partial charge in [0.15, 0.2) is 10.7 Å². The van der Waals surface area contributed by atoms with Crippen molar-refractivity contribution in [3.8, 4) is 5.75 Å². The van der Waals surface area contributed by atoms with Crippen LogP contribution in [0.4, 0.5) is 5.88 Å². The number of thiazole rings is 1. The minimum absolute atomic E-state index is 0.229. The maximum Gasteiger partial charge on any atom is 0.338 e. The molecule has 0 amide bonds. The smallest absolute Gasteiger partial charge is 0.338 e. The Balaban J connectivity index is 1.60. The van der Waals surface area contributed by atoms with Gasteiger partial charge in [-0.15, -0.1) is 0 Å². The van der Waals surface area contributed by atoms with Gasteiger partial charge in [0.1, 0.15) is 11.5 Å². The summed E-state index contributed by atoms with van der Waals surface area (Å²) in [7, 11) is 1.59. The number of ether oxygens (including phenoxy) is 2. The Hall–Kier alpha value is -3.59. The Morgan fingerprint density at radius 3 is 2.61 bits per heavy atom. The van der Waals surface area contributed by atoms with E-state index in [-0.39, 0.29) is 12.2 Å². The summed E-state index contributed by atoms with van der Waals surface area (Å²) in [5.74, 6) is 1.64. The number of hydrogen-bond acceptors (Lipinski definition) is 8. The Labute approximate surface area is 212 Å². The van der Waals surface area contributed by atoms with E-state index >= 15 is 0 Å². The molecule has 9 heteroatoms. The van der Waals surface area contributed by atoms with Gasteiger partial charge in [0.25, 0.3) is 5.56 Å². The highest BCUT2D eigenvalue weighted by Gasteiger charge is 2.33. The predicted molar refractivity (Wildman–Crippen MR) is 138 cm³/mol. The lowest BCUT2D eigenvalue weighted by molar-refractivity contribution is -0.139. The zero-order valence-electron chi connectivity index (χ0n) is 20.7. The highest BCUT2D eigenvalue weighted by atomic mass is 32.1. The Bertz CT molecular complexity index is 1470. The molecule has 2 aromatic heterocycles. The number of hydrogen-bond donors (Lipinski definition) is 0. The molecule has 0 radical (unpaired) electrons. The minimum atomic E-state index is -0.658. The summed E-state index contributed by atoms with van der Waals surface area (Å²) in [5, 5.41) is 0. The van der Waals surface area contributed by atoms with Gasteiger partial charge < -0.3 is 18.8 Å². The van der Waals surface area contributed by atoms with Crippen LogP contribution in [0, 0.1) is 0 Å². The number of methoxy groups -OCH3 is 1. The number of carbonyl (C=O) groups excluding carboxylic acids is 1. The van der Waals surface area contributed by atoms with Crippen LogP contribution < -0.4 is 24.5 Å². The van der Waals surface area contributed by atoms with Gasteiger partial charge in [0.2, 0.25) is 0 Å². The van der Waals surface area contributed by atoms with Crippen molar-refractivity contribution in [2.45, 2.75) is 39.2 Å². The van der Waals surface area contributed by atoms with Gasteiger partial charge in [-0.3, -0.25) is 9.36 Å². The Morgan fingerprint density at radius 2 is 1.92 bits per heavy atom. The third kappa shape index (κ3) is 4.51. The summed E-state index contributed by atoms with van der Waals surface area (Å²) < 4.78 is 18.8. The number of rotatable bonds is 6. The van der Waals surface area contributed by atoms with Crippen LogP contribution in [-0.4, -0.2) is 37.3 Å². The maximum atomic E-state index is 13.7. The number of allylic oxidation sites excluding steroid dienone is 1. The normalized spacial score (nSPS) is 18.1. The second kappa shape index (κ2) is 10.2.